The van der Waals surface area contributed by atoms with Crippen LogP contribution >= 0.6 is 35.3 Å². The molecule has 0 aromatic heterocycles. The number of esters is 3. The van der Waals surface area contributed by atoms with Gasteiger partial charge in [-0.2, -0.15) is 28.8 Å². The fraction of sp³-hybridized carbons (Fsp3) is 0.603. The van der Waals surface area contributed by atoms with Gasteiger partial charge in [-0.3, -0.25) is 24.7 Å². The number of benzene rings is 3. The fourth-order valence-electron chi connectivity index (χ4n) is 15.4. The van der Waals surface area contributed by atoms with E-state index in [0.717, 1.165) is 53.9 Å². The number of nitrogens with one attached hydrogen (secondary N) is 5. The number of likely N-dealkylation sites (N-methyl/N-ethyl adjacent to an activating group) is 1. The number of ether oxygens (including phenoxy) is 9. The molecule has 1 spiro atoms. The van der Waals surface area contributed by atoms with Crippen molar-refractivity contribution < 1.29 is 71.4 Å². The second kappa shape index (κ2) is 24.3. The summed E-state index contributed by atoms with van der Waals surface area (Å²) >= 11 is 5.10. The van der Waals surface area contributed by atoms with E-state index in [1.807, 2.05) is 44.4 Å². The van der Waals surface area contributed by atoms with Crippen molar-refractivity contribution in [2.24, 2.45) is 0 Å². The first-order chi connectivity index (χ1) is 42.8. The number of urea groups is 2. The summed E-state index contributed by atoms with van der Waals surface area (Å²) in [5.41, 5.74) is 3.01. The van der Waals surface area contributed by atoms with Crippen LogP contribution in [0.1, 0.15) is 134 Å². The minimum Gasteiger partial charge on any atom is -0.493 e. The van der Waals surface area contributed by atoms with E-state index >= 15 is 4.79 Å². The molecule has 0 aliphatic carbocycles. The Labute approximate surface area is 529 Å². The largest absolute Gasteiger partial charge is 0.514 e. The van der Waals surface area contributed by atoms with Crippen LogP contribution in [0.2, 0.25) is 0 Å². The average molecular weight is 1280 g/mol. The van der Waals surface area contributed by atoms with Gasteiger partial charge in [-0.1, -0.05) is 18.9 Å². The van der Waals surface area contributed by atoms with Crippen LogP contribution in [0.25, 0.3) is 0 Å². The maximum absolute atomic E-state index is 15.6. The number of rotatable bonds is 15. The van der Waals surface area contributed by atoms with Crippen molar-refractivity contribution in [1.82, 2.24) is 36.4 Å². The molecule has 23 nitrogen and oxygen atoms in total. The van der Waals surface area contributed by atoms with E-state index in [1.165, 1.54) is 18.9 Å². The molecular formula is C63H76N8O15S3. The molecule has 0 saturated carbocycles. The normalized spacial score (nSPS) is 30.2. The number of amides is 4. The Morgan fingerprint density at radius 2 is 1.43 bits per heavy atom. The van der Waals surface area contributed by atoms with Crippen LogP contribution in [0.4, 0.5) is 14.4 Å². The molecule has 6 saturated heterocycles. The lowest BCUT2D eigenvalue weighted by molar-refractivity contribution is -0.157. The number of methoxy groups -OCH3 is 2. The van der Waals surface area contributed by atoms with Crippen LogP contribution in [0, 0.1) is 25.2 Å². The summed E-state index contributed by atoms with van der Waals surface area (Å²) in [6.45, 7) is 8.90. The minimum absolute atomic E-state index is 0.0257. The number of hydrogen-bond acceptors (Lipinski definition) is 22. The van der Waals surface area contributed by atoms with Crippen LogP contribution < -0.4 is 59.7 Å². The average Bonchev–Trinajstić information content (AvgIpc) is 1.53. The summed E-state index contributed by atoms with van der Waals surface area (Å²) in [5, 5.41) is 27.2. The summed E-state index contributed by atoms with van der Waals surface area (Å²) in [6.07, 6.45) is 4.34. The van der Waals surface area contributed by atoms with Crippen LogP contribution in [0.3, 0.4) is 0 Å². The zero-order chi connectivity index (χ0) is 62.4. The first-order valence-corrected chi connectivity index (χ1v) is 33.9. The van der Waals surface area contributed by atoms with Crippen molar-refractivity contribution in [3.8, 4) is 46.3 Å². The standard InChI is InChI=1S/C63H76N8O15S3/c1-29-19-32-20-36-37(23-64)71-38-24-80-58(74)63(33-22-39(78-7)40(21-31(33)17-18-65-63)83-61(77)86-62(3,4)5)27-89-57(47-46(38)55-54(81-28-82-55)30(2)53(47)84-43(72)15-11-9-13-41-48-34(25-87-41)66-59(75)68-48)51(71)50(70(36)6)45(32)56(52(29)79-8)85-44(73)16-12-10-14-42-49-35(26-88-42)67-60(76)69-49/h19,21-22,34-38,41-42,48-51,57,65H,9-18,20,24-28H2,1-8H3,(H2,66,68,75)(H2,67,69,76)/t34?,35?,36-,37-,38+,41-,42-,48?,49?,50+,51?,57+,63+/m0/s1. The highest BCUT2D eigenvalue weighted by atomic mass is 32.2. The second-order valence-corrected chi connectivity index (χ2v) is 29.4. The van der Waals surface area contributed by atoms with Crippen LogP contribution in [0.5, 0.6) is 40.2 Å². The monoisotopic (exact) mass is 1280 g/mol. The number of nitriles is 1. The van der Waals surface area contributed by atoms with Crippen LogP contribution in [-0.4, -0.2) is 163 Å². The molecule has 11 aliphatic rings. The minimum atomic E-state index is -1.54. The lowest BCUT2D eigenvalue weighted by atomic mass is 9.71. The molecule has 11 heterocycles. The zero-order valence-electron chi connectivity index (χ0n) is 51.2. The van der Waals surface area contributed by atoms with E-state index in [0.29, 0.717) is 83.0 Å². The Morgan fingerprint density at radius 1 is 0.764 bits per heavy atom. The van der Waals surface area contributed by atoms with Gasteiger partial charge in [0.15, 0.2) is 40.0 Å². The quantitative estimate of drug-likeness (QED) is 0.0330. The summed E-state index contributed by atoms with van der Waals surface area (Å²) in [6, 6.07) is 4.72. The number of piperazine rings is 1. The number of thioether (sulfide) groups is 3. The number of fused-ring (bicyclic) bond motifs is 11. The number of hydrogen-bond donors (Lipinski definition) is 5. The molecule has 5 unspecified atom stereocenters. The molecule has 4 amide bonds. The highest BCUT2D eigenvalue weighted by molar-refractivity contribution is 8.00. The number of unbranched alkanes of at least 4 members (excludes halogenated alkanes) is 2. The molecule has 6 fully saturated rings. The molecule has 11 aliphatic heterocycles. The molecule has 3 aromatic rings. The van der Waals surface area contributed by atoms with Crippen molar-refractivity contribution in [2.75, 3.05) is 58.5 Å². The van der Waals surface area contributed by atoms with E-state index in [-0.39, 0.29) is 96.0 Å². The SMILES string of the molecule is COc1cc2c(cc1OC(=O)OC(C)(C)C)CCN[C@]21CS[C@@H]2c3c(OC(=O)CCCC[C@@H]4SCC5NC(=O)NC54)c(C)c4c(c3[C@@H](COC1=O)N1C2[C@H]2c3c(cc(C)c(OC)c3OC(=O)CCCC[C@@H]3SCC5NC(=O)NC53)C[C@@H]([C@@H]1C#N)N2C)OCO4. The zero-order valence-corrected chi connectivity index (χ0v) is 53.6. The smallest absolute Gasteiger partial charge is 0.493 e. The van der Waals surface area contributed by atoms with E-state index in [4.69, 9.17) is 42.6 Å². The number of carbonyl (C=O) groups is 6. The van der Waals surface area contributed by atoms with Crippen LogP contribution in [-0.2, 0) is 42.2 Å². The molecule has 3 aromatic carbocycles. The molecule has 0 radical (unpaired) electrons. The molecule has 13 atom stereocenters. The topological polar surface area (TPSA) is 276 Å². The summed E-state index contributed by atoms with van der Waals surface area (Å²) < 4.78 is 56.4. The van der Waals surface area contributed by atoms with Gasteiger partial charge in [0.25, 0.3) is 0 Å². The third-order valence-corrected chi connectivity index (χ3v) is 23.8. The highest BCUT2D eigenvalue weighted by Crippen LogP contribution is 2.65. The van der Waals surface area contributed by atoms with Gasteiger partial charge in [-0.25, -0.2) is 19.2 Å². The van der Waals surface area contributed by atoms with Gasteiger partial charge >= 0.3 is 36.1 Å². The van der Waals surface area contributed by atoms with Crippen molar-refractivity contribution >= 4 is 71.4 Å². The lowest BCUT2D eigenvalue weighted by Gasteiger charge is -2.62. The Hall–Kier alpha value is -6.50. The van der Waals surface area contributed by atoms with E-state index in [1.54, 1.807) is 40.0 Å². The van der Waals surface area contributed by atoms with E-state index < -0.39 is 70.7 Å². The summed E-state index contributed by atoms with van der Waals surface area (Å²) in [7, 11) is 5.02. The second-order valence-electron chi connectivity index (χ2n) is 25.7. The molecule has 26 heteroatoms. The number of carbonyl (C=O) groups excluding carboxylic acids is 6. The third kappa shape index (κ3) is 11.0. The van der Waals surface area contributed by atoms with Crippen molar-refractivity contribution in [1.29, 1.82) is 5.26 Å². The molecule has 476 valence electrons. The van der Waals surface area contributed by atoms with Crippen molar-refractivity contribution in [3.05, 3.63) is 62.7 Å². The van der Waals surface area contributed by atoms with Crippen molar-refractivity contribution in [2.45, 2.75) is 180 Å². The summed E-state index contributed by atoms with van der Waals surface area (Å²) in [5.74, 6) is 2.29. The fourth-order valence-corrected chi connectivity index (χ4v) is 20.2. The Kier molecular flexibility index (Phi) is 16.7. The maximum Gasteiger partial charge on any atom is 0.514 e. The molecule has 89 heavy (non-hydrogen) atoms. The van der Waals surface area contributed by atoms with Gasteiger partial charge in [-0.05, 0) is 115 Å². The Balaban J connectivity index is 0.902. The van der Waals surface area contributed by atoms with Crippen molar-refractivity contribution in [3.63, 3.8) is 0 Å². The molecule has 14 rings (SSSR count). The van der Waals surface area contributed by atoms with Crippen LogP contribution in [0.15, 0.2) is 18.2 Å². The van der Waals surface area contributed by atoms with Gasteiger partial charge in [-0.15, -0.1) is 11.8 Å². The van der Waals surface area contributed by atoms with Gasteiger partial charge in [0.1, 0.15) is 24.0 Å². The Bertz CT molecular complexity index is 3450. The maximum atomic E-state index is 15.6. The van der Waals surface area contributed by atoms with E-state index in [9.17, 15) is 29.2 Å². The molecule has 4 bridgehead atoms. The van der Waals surface area contributed by atoms with Gasteiger partial charge in [0.2, 0.25) is 6.79 Å². The predicted octanol–water partition coefficient (Wildman–Crippen LogP) is 7.23. The lowest BCUT2D eigenvalue weighted by Crippen LogP contribution is -2.69. The predicted molar refractivity (Wildman–Crippen MR) is 329 cm³/mol. The summed E-state index contributed by atoms with van der Waals surface area (Å²) in [4.78, 5) is 86.6. The number of nitrogens with zero attached hydrogens (tertiary/aromatic N) is 3. The van der Waals surface area contributed by atoms with Gasteiger partial charge < -0.3 is 63.9 Å². The van der Waals surface area contributed by atoms with E-state index in [2.05, 4.69) is 48.5 Å². The molecular weight excluding hydrogens is 1200 g/mol. The highest BCUT2D eigenvalue weighted by Gasteiger charge is 2.62. The first-order valence-electron chi connectivity index (χ1n) is 30.8. The third-order valence-electron chi connectivity index (χ3n) is 19.3. The first kappa shape index (κ1) is 61.4. The number of aryl methyl sites for hydroxylation is 1. The van der Waals surface area contributed by atoms with Gasteiger partial charge in [0.05, 0.1) is 61.8 Å². The van der Waals surface area contributed by atoms with Gasteiger partial charge in [0, 0.05) is 81.5 Å². The molecule has 5 N–H and O–H groups in total. The Morgan fingerprint density at radius 3 is 2.07 bits per heavy atom.